The van der Waals surface area contributed by atoms with Gasteiger partial charge in [-0.2, -0.15) is 0 Å². The summed E-state index contributed by atoms with van der Waals surface area (Å²) in [6.07, 6.45) is 1.18. The standard InChI is InChI=1S/C13H14O5/c1-17-12(15)7-10(8-13(16)18-2)9-3-5-11(14)6-4-9/h3-7,14H,8H2,1-2H3. The van der Waals surface area contributed by atoms with Crippen LogP contribution in [0.2, 0.25) is 0 Å². The molecule has 96 valence electrons. The predicted octanol–water partition coefficient (Wildman–Crippen LogP) is 1.51. The number of phenols is 1. The van der Waals surface area contributed by atoms with Crippen molar-refractivity contribution in [1.82, 2.24) is 0 Å². The van der Waals surface area contributed by atoms with Crippen LogP contribution < -0.4 is 0 Å². The lowest BCUT2D eigenvalue weighted by Gasteiger charge is -2.06. The maximum atomic E-state index is 11.3. The zero-order valence-electron chi connectivity index (χ0n) is 10.2. The Morgan fingerprint density at radius 1 is 1.17 bits per heavy atom. The molecule has 0 bridgehead atoms. The summed E-state index contributed by atoms with van der Waals surface area (Å²) < 4.78 is 9.08. The highest BCUT2D eigenvalue weighted by Gasteiger charge is 2.11. The molecule has 0 heterocycles. The molecule has 1 rings (SSSR count). The number of esters is 2. The van der Waals surface area contributed by atoms with Crippen LogP contribution in [0.3, 0.4) is 0 Å². The molecule has 0 aliphatic carbocycles. The van der Waals surface area contributed by atoms with E-state index in [1.54, 1.807) is 12.1 Å². The Morgan fingerprint density at radius 3 is 2.28 bits per heavy atom. The maximum absolute atomic E-state index is 11.3. The first-order chi connectivity index (χ1) is 8.56. The summed E-state index contributed by atoms with van der Waals surface area (Å²) in [5.41, 5.74) is 1.11. The number of hydrogen-bond donors (Lipinski definition) is 1. The van der Waals surface area contributed by atoms with Crippen molar-refractivity contribution in [1.29, 1.82) is 0 Å². The molecular weight excluding hydrogens is 236 g/mol. The zero-order chi connectivity index (χ0) is 13.5. The lowest BCUT2D eigenvalue weighted by molar-refractivity contribution is -0.139. The van der Waals surface area contributed by atoms with E-state index in [2.05, 4.69) is 9.47 Å². The van der Waals surface area contributed by atoms with Crippen molar-refractivity contribution in [2.45, 2.75) is 6.42 Å². The van der Waals surface area contributed by atoms with Gasteiger partial charge in [0.25, 0.3) is 0 Å². The number of carbonyl (C=O) groups is 2. The first-order valence-corrected chi connectivity index (χ1v) is 5.21. The van der Waals surface area contributed by atoms with Gasteiger partial charge in [-0.25, -0.2) is 4.79 Å². The van der Waals surface area contributed by atoms with Crippen LogP contribution in [0, 0.1) is 0 Å². The Balaban J connectivity index is 3.03. The Bertz CT molecular complexity index is 459. The fraction of sp³-hybridized carbons (Fsp3) is 0.231. The van der Waals surface area contributed by atoms with Crippen molar-refractivity contribution in [3.05, 3.63) is 35.9 Å². The Kier molecular flexibility index (Phi) is 4.92. The molecule has 0 saturated carbocycles. The van der Waals surface area contributed by atoms with Gasteiger partial charge in [0.05, 0.1) is 20.6 Å². The van der Waals surface area contributed by atoms with Gasteiger partial charge in [-0.3, -0.25) is 4.79 Å². The minimum absolute atomic E-state index is 0.0453. The number of benzene rings is 1. The van der Waals surface area contributed by atoms with Gasteiger partial charge in [-0.1, -0.05) is 12.1 Å². The third-order valence-corrected chi connectivity index (χ3v) is 2.29. The van der Waals surface area contributed by atoms with E-state index in [1.807, 2.05) is 0 Å². The van der Waals surface area contributed by atoms with Gasteiger partial charge in [0.1, 0.15) is 5.75 Å². The molecule has 1 aromatic rings. The summed E-state index contributed by atoms with van der Waals surface area (Å²) >= 11 is 0. The summed E-state index contributed by atoms with van der Waals surface area (Å²) in [5.74, 6) is -0.908. The van der Waals surface area contributed by atoms with E-state index in [1.165, 1.54) is 32.4 Å². The first-order valence-electron chi connectivity index (χ1n) is 5.21. The average molecular weight is 250 g/mol. The maximum Gasteiger partial charge on any atom is 0.330 e. The fourth-order valence-corrected chi connectivity index (χ4v) is 1.34. The van der Waals surface area contributed by atoms with Crippen LogP contribution in [0.25, 0.3) is 5.57 Å². The van der Waals surface area contributed by atoms with Crippen molar-refractivity contribution in [3.8, 4) is 5.75 Å². The molecule has 1 N–H and O–H groups in total. The van der Waals surface area contributed by atoms with Crippen LogP contribution in [-0.2, 0) is 19.1 Å². The minimum atomic E-state index is -0.554. The first kappa shape index (κ1) is 13.8. The molecule has 0 amide bonds. The summed E-state index contributed by atoms with van der Waals surface area (Å²) in [6, 6.07) is 6.15. The van der Waals surface area contributed by atoms with Gasteiger partial charge in [0.15, 0.2) is 0 Å². The summed E-state index contributed by atoms with van der Waals surface area (Å²) in [7, 11) is 2.53. The molecule has 1 aromatic carbocycles. The number of methoxy groups -OCH3 is 2. The molecular formula is C13H14O5. The van der Waals surface area contributed by atoms with E-state index in [0.717, 1.165) is 0 Å². The van der Waals surface area contributed by atoms with Gasteiger partial charge in [0, 0.05) is 6.08 Å². The van der Waals surface area contributed by atoms with Gasteiger partial charge < -0.3 is 14.6 Å². The molecule has 0 radical (unpaired) electrons. The molecule has 0 spiro atoms. The van der Waals surface area contributed by atoms with E-state index in [0.29, 0.717) is 11.1 Å². The molecule has 0 fully saturated rings. The molecule has 0 saturated heterocycles. The topological polar surface area (TPSA) is 72.8 Å². The second-order valence-corrected chi connectivity index (χ2v) is 3.49. The molecule has 5 heteroatoms. The van der Waals surface area contributed by atoms with E-state index < -0.39 is 11.9 Å². The number of rotatable bonds is 4. The SMILES string of the molecule is COC(=O)C=C(CC(=O)OC)c1ccc(O)cc1. The highest BCUT2D eigenvalue weighted by Crippen LogP contribution is 2.21. The van der Waals surface area contributed by atoms with Crippen molar-refractivity contribution >= 4 is 17.5 Å². The van der Waals surface area contributed by atoms with Crippen LogP contribution in [0.1, 0.15) is 12.0 Å². The largest absolute Gasteiger partial charge is 0.508 e. The molecule has 5 nitrogen and oxygen atoms in total. The molecule has 0 aliphatic rings. The Morgan fingerprint density at radius 2 is 1.78 bits per heavy atom. The van der Waals surface area contributed by atoms with Gasteiger partial charge in [-0.05, 0) is 23.3 Å². The number of carbonyl (C=O) groups excluding carboxylic acids is 2. The second kappa shape index (κ2) is 6.44. The van der Waals surface area contributed by atoms with Gasteiger partial charge >= 0.3 is 11.9 Å². The van der Waals surface area contributed by atoms with Crippen molar-refractivity contribution < 1.29 is 24.2 Å². The molecule has 0 unspecified atom stereocenters. The van der Waals surface area contributed by atoms with E-state index in [9.17, 15) is 14.7 Å². The Labute approximate surface area is 105 Å². The monoisotopic (exact) mass is 250 g/mol. The zero-order valence-corrected chi connectivity index (χ0v) is 10.2. The van der Waals surface area contributed by atoms with Crippen LogP contribution in [0.15, 0.2) is 30.3 Å². The summed E-state index contributed by atoms with van der Waals surface area (Å²) in [4.78, 5) is 22.5. The van der Waals surface area contributed by atoms with Gasteiger partial charge in [-0.15, -0.1) is 0 Å². The summed E-state index contributed by atoms with van der Waals surface area (Å²) in [5, 5.41) is 9.19. The van der Waals surface area contributed by atoms with Crippen LogP contribution in [-0.4, -0.2) is 31.3 Å². The second-order valence-electron chi connectivity index (χ2n) is 3.49. The highest BCUT2D eigenvalue weighted by atomic mass is 16.5. The third kappa shape index (κ3) is 3.93. The van der Waals surface area contributed by atoms with Crippen molar-refractivity contribution in [2.75, 3.05) is 14.2 Å². The molecule has 18 heavy (non-hydrogen) atoms. The highest BCUT2D eigenvalue weighted by molar-refractivity contribution is 5.96. The third-order valence-electron chi connectivity index (χ3n) is 2.29. The lowest BCUT2D eigenvalue weighted by atomic mass is 10.0. The van der Waals surface area contributed by atoms with Gasteiger partial charge in [0.2, 0.25) is 0 Å². The molecule has 0 atom stereocenters. The van der Waals surface area contributed by atoms with Crippen LogP contribution in [0.5, 0.6) is 5.75 Å². The average Bonchev–Trinajstić information content (AvgIpc) is 2.38. The predicted molar refractivity (Wildman–Crippen MR) is 64.7 cm³/mol. The van der Waals surface area contributed by atoms with Crippen LogP contribution >= 0.6 is 0 Å². The molecule has 0 aliphatic heterocycles. The lowest BCUT2D eigenvalue weighted by Crippen LogP contribution is -2.04. The number of ether oxygens (including phenoxy) is 2. The quantitative estimate of drug-likeness (QED) is 0.647. The number of hydrogen-bond acceptors (Lipinski definition) is 5. The minimum Gasteiger partial charge on any atom is -0.508 e. The van der Waals surface area contributed by atoms with E-state index in [-0.39, 0.29) is 12.2 Å². The van der Waals surface area contributed by atoms with Crippen molar-refractivity contribution in [3.63, 3.8) is 0 Å². The number of aromatic hydroxyl groups is 1. The normalized spacial score (nSPS) is 10.9. The summed E-state index contributed by atoms with van der Waals surface area (Å²) in [6.45, 7) is 0. The van der Waals surface area contributed by atoms with Crippen LogP contribution in [0.4, 0.5) is 0 Å². The Hall–Kier alpha value is -2.30. The smallest absolute Gasteiger partial charge is 0.330 e. The molecule has 0 aromatic heterocycles. The van der Waals surface area contributed by atoms with E-state index >= 15 is 0 Å². The van der Waals surface area contributed by atoms with Crippen molar-refractivity contribution in [2.24, 2.45) is 0 Å². The van der Waals surface area contributed by atoms with E-state index in [4.69, 9.17) is 0 Å². The number of phenolic OH excluding ortho intramolecular Hbond substituents is 1. The fourth-order valence-electron chi connectivity index (χ4n) is 1.34.